The van der Waals surface area contributed by atoms with Gasteiger partial charge in [0.15, 0.2) is 0 Å². The van der Waals surface area contributed by atoms with Crippen LogP contribution in [0.4, 0.5) is 4.39 Å². The van der Waals surface area contributed by atoms with Crippen LogP contribution in [0, 0.1) is 19.7 Å². The third-order valence-electron chi connectivity index (χ3n) is 3.49. The Kier molecular flexibility index (Phi) is 4.84. The predicted molar refractivity (Wildman–Crippen MR) is 85.2 cm³/mol. The molecule has 0 bridgehead atoms. The molecule has 2 unspecified atom stereocenters. The van der Waals surface area contributed by atoms with Gasteiger partial charge in [0.1, 0.15) is 5.82 Å². The fourth-order valence-corrected chi connectivity index (χ4v) is 3.56. The lowest BCUT2D eigenvalue weighted by Crippen LogP contribution is -2.22. The van der Waals surface area contributed by atoms with Gasteiger partial charge in [0, 0.05) is 21.8 Å². The Labute approximate surface area is 128 Å². The van der Waals surface area contributed by atoms with E-state index in [0.717, 1.165) is 5.56 Å². The van der Waals surface area contributed by atoms with E-state index in [0.29, 0.717) is 0 Å². The van der Waals surface area contributed by atoms with Gasteiger partial charge in [0.25, 0.3) is 0 Å². The maximum Gasteiger partial charge on any atom is 0.142 e. The van der Waals surface area contributed by atoms with Crippen LogP contribution in [-0.2, 0) is 0 Å². The van der Waals surface area contributed by atoms with Gasteiger partial charge >= 0.3 is 0 Å². The van der Waals surface area contributed by atoms with Crippen molar-refractivity contribution in [3.8, 4) is 0 Å². The minimum absolute atomic E-state index is 0.0661. The van der Waals surface area contributed by atoms with Crippen molar-refractivity contribution < 1.29 is 4.39 Å². The highest BCUT2D eigenvalue weighted by molar-refractivity contribution is 7.12. The van der Waals surface area contributed by atoms with E-state index < -0.39 is 0 Å². The molecule has 0 amide bonds. The van der Waals surface area contributed by atoms with Crippen molar-refractivity contribution in [2.45, 2.75) is 39.8 Å². The van der Waals surface area contributed by atoms with Gasteiger partial charge in [-0.05, 0) is 57.0 Å². The summed E-state index contributed by atoms with van der Waals surface area (Å²) in [4.78, 5) is 2.65. The van der Waals surface area contributed by atoms with Gasteiger partial charge in [-0.25, -0.2) is 4.39 Å². The normalized spacial score (nSPS) is 14.3. The highest BCUT2D eigenvalue weighted by atomic mass is 35.5. The average Bonchev–Trinajstić information content (AvgIpc) is 2.71. The zero-order valence-corrected chi connectivity index (χ0v) is 13.7. The maximum atomic E-state index is 13.5. The summed E-state index contributed by atoms with van der Waals surface area (Å²) in [5.74, 6) is -0.368. The largest absolute Gasteiger partial charge is 0.304 e. The van der Waals surface area contributed by atoms with Crippen LogP contribution >= 0.6 is 22.9 Å². The van der Waals surface area contributed by atoms with Crippen molar-refractivity contribution in [1.82, 2.24) is 5.32 Å². The summed E-state index contributed by atoms with van der Waals surface area (Å²) in [6, 6.07) is 7.48. The summed E-state index contributed by atoms with van der Waals surface area (Å²) < 4.78 is 13.5. The van der Waals surface area contributed by atoms with Gasteiger partial charge in [0.05, 0.1) is 5.02 Å². The van der Waals surface area contributed by atoms with E-state index in [1.807, 2.05) is 24.3 Å². The molecule has 1 N–H and O–H groups in total. The van der Waals surface area contributed by atoms with Gasteiger partial charge < -0.3 is 5.32 Å². The van der Waals surface area contributed by atoms with Gasteiger partial charge in [-0.3, -0.25) is 0 Å². The summed E-state index contributed by atoms with van der Waals surface area (Å²) in [6.07, 6.45) is 0. The van der Waals surface area contributed by atoms with Crippen LogP contribution in [0.3, 0.4) is 0 Å². The molecule has 2 aromatic rings. The SMILES string of the molecule is Cc1cc(C(C)NC(C)c2ccc(Cl)c(F)c2)c(C)s1. The molecule has 1 heterocycles. The molecule has 0 saturated heterocycles. The molecule has 1 nitrogen and oxygen atoms in total. The number of halogens is 2. The second-order valence-corrected chi connectivity index (χ2v) is 7.02. The molecule has 0 aliphatic rings. The molecule has 4 heteroatoms. The van der Waals surface area contributed by atoms with Crippen LogP contribution in [0.1, 0.15) is 46.8 Å². The number of hydrogen-bond acceptors (Lipinski definition) is 2. The number of rotatable bonds is 4. The fourth-order valence-electron chi connectivity index (χ4n) is 2.42. The third-order valence-corrected chi connectivity index (χ3v) is 4.78. The van der Waals surface area contributed by atoms with E-state index >= 15 is 0 Å². The van der Waals surface area contributed by atoms with Crippen molar-refractivity contribution in [3.05, 3.63) is 56.0 Å². The third kappa shape index (κ3) is 3.40. The Morgan fingerprint density at radius 2 is 1.85 bits per heavy atom. The van der Waals surface area contributed by atoms with E-state index in [9.17, 15) is 4.39 Å². The second kappa shape index (κ2) is 6.25. The highest BCUT2D eigenvalue weighted by Gasteiger charge is 2.15. The molecule has 1 aromatic carbocycles. The van der Waals surface area contributed by atoms with Gasteiger partial charge in [-0.1, -0.05) is 17.7 Å². The first-order valence-electron chi connectivity index (χ1n) is 6.66. The summed E-state index contributed by atoms with van der Waals surface area (Å²) in [5.41, 5.74) is 2.22. The second-order valence-electron chi connectivity index (χ2n) is 5.15. The van der Waals surface area contributed by atoms with Crippen molar-refractivity contribution in [1.29, 1.82) is 0 Å². The monoisotopic (exact) mass is 311 g/mol. The standard InChI is InChI=1S/C16H19ClFNS/c1-9-7-14(12(4)20-9)11(3)19-10(2)13-5-6-15(17)16(18)8-13/h5-8,10-11,19H,1-4H3. The number of thiophene rings is 1. The quantitative estimate of drug-likeness (QED) is 0.778. The topological polar surface area (TPSA) is 12.0 Å². The Balaban J connectivity index is 2.12. The molecule has 20 heavy (non-hydrogen) atoms. The Hall–Kier alpha value is -0.900. The van der Waals surface area contributed by atoms with E-state index in [4.69, 9.17) is 11.6 Å². The molecule has 0 radical (unpaired) electrons. The lowest BCUT2D eigenvalue weighted by atomic mass is 10.0. The van der Waals surface area contributed by atoms with Crippen LogP contribution < -0.4 is 5.32 Å². The first kappa shape index (κ1) is 15.5. The molecule has 0 aliphatic heterocycles. The number of benzene rings is 1. The zero-order valence-electron chi connectivity index (χ0n) is 12.1. The van der Waals surface area contributed by atoms with E-state index in [1.165, 1.54) is 21.4 Å². The summed E-state index contributed by atoms with van der Waals surface area (Å²) in [6.45, 7) is 8.43. The molecule has 0 spiro atoms. The number of nitrogens with one attached hydrogen (secondary N) is 1. The molecule has 108 valence electrons. The van der Waals surface area contributed by atoms with E-state index in [-0.39, 0.29) is 22.9 Å². The van der Waals surface area contributed by atoms with E-state index in [1.54, 1.807) is 6.07 Å². The van der Waals surface area contributed by atoms with Gasteiger partial charge in [-0.2, -0.15) is 0 Å². The molecule has 2 rings (SSSR count). The Morgan fingerprint density at radius 1 is 1.15 bits per heavy atom. The summed E-state index contributed by atoms with van der Waals surface area (Å²) >= 11 is 7.52. The van der Waals surface area contributed by atoms with Crippen LogP contribution in [0.2, 0.25) is 5.02 Å². The van der Waals surface area contributed by atoms with Crippen LogP contribution in [0.15, 0.2) is 24.3 Å². The van der Waals surface area contributed by atoms with Crippen LogP contribution in [-0.4, -0.2) is 0 Å². The molecule has 0 saturated carbocycles. The molecular formula is C16H19ClFNS. The van der Waals surface area contributed by atoms with E-state index in [2.05, 4.69) is 32.2 Å². The first-order chi connectivity index (χ1) is 9.38. The van der Waals surface area contributed by atoms with Crippen molar-refractivity contribution in [3.63, 3.8) is 0 Å². The molecular weight excluding hydrogens is 293 g/mol. The zero-order chi connectivity index (χ0) is 14.9. The summed E-state index contributed by atoms with van der Waals surface area (Å²) in [5, 5.41) is 3.68. The number of aryl methyl sites for hydroxylation is 2. The molecule has 2 atom stereocenters. The lowest BCUT2D eigenvalue weighted by molar-refractivity contribution is 0.491. The molecule has 0 fully saturated rings. The Bertz CT molecular complexity index is 609. The van der Waals surface area contributed by atoms with Gasteiger partial charge in [-0.15, -0.1) is 11.3 Å². The minimum Gasteiger partial charge on any atom is -0.304 e. The lowest BCUT2D eigenvalue weighted by Gasteiger charge is -2.21. The van der Waals surface area contributed by atoms with Crippen molar-refractivity contribution in [2.75, 3.05) is 0 Å². The van der Waals surface area contributed by atoms with Crippen LogP contribution in [0.25, 0.3) is 0 Å². The van der Waals surface area contributed by atoms with Gasteiger partial charge in [0.2, 0.25) is 0 Å². The highest BCUT2D eigenvalue weighted by Crippen LogP contribution is 2.28. The van der Waals surface area contributed by atoms with Crippen molar-refractivity contribution in [2.24, 2.45) is 0 Å². The minimum atomic E-state index is -0.368. The number of hydrogen-bond donors (Lipinski definition) is 1. The summed E-state index contributed by atoms with van der Waals surface area (Å²) in [7, 11) is 0. The average molecular weight is 312 g/mol. The molecule has 0 aliphatic carbocycles. The smallest absolute Gasteiger partial charge is 0.142 e. The molecule has 1 aromatic heterocycles. The predicted octanol–water partition coefficient (Wildman–Crippen LogP) is 5.57. The fraction of sp³-hybridized carbons (Fsp3) is 0.375. The van der Waals surface area contributed by atoms with Crippen LogP contribution in [0.5, 0.6) is 0 Å². The van der Waals surface area contributed by atoms with Crippen molar-refractivity contribution >= 4 is 22.9 Å². The maximum absolute atomic E-state index is 13.5. The first-order valence-corrected chi connectivity index (χ1v) is 7.86. The Morgan fingerprint density at radius 3 is 2.40 bits per heavy atom.